The Hall–Kier alpha value is -2.19. The van der Waals surface area contributed by atoms with Crippen molar-refractivity contribution in [2.75, 3.05) is 39.4 Å². The lowest BCUT2D eigenvalue weighted by molar-refractivity contribution is -0.384. The second kappa shape index (κ2) is 11.1. The molecule has 0 bridgehead atoms. The van der Waals surface area contributed by atoms with Crippen LogP contribution in [0.5, 0.6) is 0 Å². The molecule has 29 heavy (non-hydrogen) atoms. The molecule has 2 amide bonds. The summed E-state index contributed by atoms with van der Waals surface area (Å²) in [5.74, 6) is 0. The zero-order valence-electron chi connectivity index (χ0n) is 17.1. The lowest BCUT2D eigenvalue weighted by Gasteiger charge is -2.30. The minimum Gasteiger partial charge on any atom is -0.379 e. The number of carbonyl (C=O) groups excluding carboxylic acids is 1. The number of morpholine rings is 1. The molecule has 1 aliphatic heterocycles. The van der Waals surface area contributed by atoms with E-state index < -0.39 is 4.92 Å². The maximum absolute atomic E-state index is 12.9. The third-order valence-corrected chi connectivity index (χ3v) is 5.75. The van der Waals surface area contributed by atoms with E-state index in [-0.39, 0.29) is 17.8 Å². The van der Waals surface area contributed by atoms with E-state index in [2.05, 4.69) is 10.2 Å². The van der Waals surface area contributed by atoms with Crippen molar-refractivity contribution in [3.05, 3.63) is 39.9 Å². The van der Waals surface area contributed by atoms with Crippen molar-refractivity contribution in [3.63, 3.8) is 0 Å². The number of benzene rings is 1. The van der Waals surface area contributed by atoms with Crippen molar-refractivity contribution in [2.45, 2.75) is 51.1 Å². The van der Waals surface area contributed by atoms with Crippen LogP contribution in [0.4, 0.5) is 10.5 Å². The Morgan fingerprint density at radius 1 is 1.17 bits per heavy atom. The number of nitrogens with zero attached hydrogens (tertiary/aromatic N) is 3. The maximum Gasteiger partial charge on any atom is 0.317 e. The quantitative estimate of drug-likeness (QED) is 0.531. The number of nitrogens with one attached hydrogen (secondary N) is 1. The van der Waals surface area contributed by atoms with Crippen LogP contribution in [0.15, 0.2) is 24.3 Å². The molecule has 1 aromatic rings. The summed E-state index contributed by atoms with van der Waals surface area (Å²) in [5, 5.41) is 14.1. The molecule has 1 saturated carbocycles. The summed E-state index contributed by atoms with van der Waals surface area (Å²) >= 11 is 0. The molecule has 0 spiro atoms. The van der Waals surface area contributed by atoms with Crippen LogP contribution in [0.3, 0.4) is 0 Å². The monoisotopic (exact) mass is 404 g/mol. The molecule has 0 atom stereocenters. The van der Waals surface area contributed by atoms with Gasteiger partial charge in [0.05, 0.1) is 18.1 Å². The number of rotatable bonds is 8. The minimum atomic E-state index is -0.403. The summed E-state index contributed by atoms with van der Waals surface area (Å²) in [6, 6.07) is 6.70. The van der Waals surface area contributed by atoms with Gasteiger partial charge in [-0.15, -0.1) is 0 Å². The Morgan fingerprint density at radius 3 is 2.52 bits per heavy atom. The number of non-ortho nitro benzene ring substituents is 1. The van der Waals surface area contributed by atoms with Gasteiger partial charge in [0.2, 0.25) is 0 Å². The smallest absolute Gasteiger partial charge is 0.317 e. The molecule has 8 nitrogen and oxygen atoms in total. The van der Waals surface area contributed by atoms with Gasteiger partial charge < -0.3 is 15.0 Å². The normalized spacial score (nSPS) is 18.3. The molecule has 3 rings (SSSR count). The van der Waals surface area contributed by atoms with E-state index in [0.29, 0.717) is 13.1 Å². The predicted molar refractivity (Wildman–Crippen MR) is 111 cm³/mol. The molecule has 1 aromatic carbocycles. The van der Waals surface area contributed by atoms with Gasteiger partial charge in [-0.25, -0.2) is 4.79 Å². The molecular formula is C21H32N4O4. The lowest BCUT2D eigenvalue weighted by Crippen LogP contribution is -2.46. The molecule has 1 aliphatic carbocycles. The van der Waals surface area contributed by atoms with Crippen molar-refractivity contribution < 1.29 is 14.5 Å². The highest BCUT2D eigenvalue weighted by Gasteiger charge is 2.21. The summed E-state index contributed by atoms with van der Waals surface area (Å²) in [6.07, 6.45) is 6.58. The first-order chi connectivity index (χ1) is 14.1. The highest BCUT2D eigenvalue weighted by Crippen LogP contribution is 2.18. The van der Waals surface area contributed by atoms with E-state index in [9.17, 15) is 14.9 Å². The lowest BCUT2D eigenvalue weighted by atomic mass is 9.96. The first kappa shape index (κ1) is 21.5. The number of hydrogen-bond donors (Lipinski definition) is 1. The van der Waals surface area contributed by atoms with E-state index in [1.54, 1.807) is 12.1 Å². The fourth-order valence-electron chi connectivity index (χ4n) is 4.02. The van der Waals surface area contributed by atoms with Crippen molar-refractivity contribution >= 4 is 11.7 Å². The average Bonchev–Trinajstić information content (AvgIpc) is 2.75. The zero-order valence-corrected chi connectivity index (χ0v) is 17.1. The number of nitro groups is 1. The molecule has 1 heterocycles. The second-order valence-electron chi connectivity index (χ2n) is 7.94. The number of carbonyl (C=O) groups is 1. The number of amides is 2. The number of urea groups is 1. The van der Waals surface area contributed by atoms with Gasteiger partial charge in [0, 0.05) is 50.9 Å². The maximum atomic E-state index is 12.9. The molecule has 1 saturated heterocycles. The van der Waals surface area contributed by atoms with Gasteiger partial charge in [-0.1, -0.05) is 31.4 Å². The highest BCUT2D eigenvalue weighted by molar-refractivity contribution is 5.74. The van der Waals surface area contributed by atoms with Crippen LogP contribution in [-0.2, 0) is 11.3 Å². The van der Waals surface area contributed by atoms with Gasteiger partial charge in [0.15, 0.2) is 0 Å². The van der Waals surface area contributed by atoms with Gasteiger partial charge in [-0.05, 0) is 24.8 Å². The summed E-state index contributed by atoms with van der Waals surface area (Å²) < 4.78 is 5.39. The van der Waals surface area contributed by atoms with Gasteiger partial charge in [-0.3, -0.25) is 15.0 Å². The highest BCUT2D eigenvalue weighted by atomic mass is 16.6. The van der Waals surface area contributed by atoms with E-state index in [1.165, 1.54) is 31.4 Å². The fourth-order valence-corrected chi connectivity index (χ4v) is 4.02. The molecule has 0 aromatic heterocycles. The van der Waals surface area contributed by atoms with Crippen LogP contribution >= 0.6 is 0 Å². The van der Waals surface area contributed by atoms with E-state index >= 15 is 0 Å². The van der Waals surface area contributed by atoms with Crippen LogP contribution in [0.25, 0.3) is 0 Å². The number of hydrogen-bond acceptors (Lipinski definition) is 5. The van der Waals surface area contributed by atoms with Crippen LogP contribution in [0, 0.1) is 10.1 Å². The van der Waals surface area contributed by atoms with Crippen molar-refractivity contribution in [1.82, 2.24) is 15.1 Å². The second-order valence-corrected chi connectivity index (χ2v) is 7.94. The Bertz CT molecular complexity index is 655. The van der Waals surface area contributed by atoms with Crippen LogP contribution < -0.4 is 5.32 Å². The van der Waals surface area contributed by atoms with E-state index in [1.807, 2.05) is 4.90 Å². The summed E-state index contributed by atoms with van der Waals surface area (Å²) in [4.78, 5) is 27.6. The van der Waals surface area contributed by atoms with Gasteiger partial charge in [0.1, 0.15) is 0 Å². The van der Waals surface area contributed by atoms with E-state index in [0.717, 1.165) is 57.7 Å². The topological polar surface area (TPSA) is 88.0 Å². The molecule has 2 aliphatic rings. The summed E-state index contributed by atoms with van der Waals surface area (Å²) in [5.41, 5.74) is 0.972. The largest absolute Gasteiger partial charge is 0.379 e. The first-order valence-electron chi connectivity index (χ1n) is 10.7. The standard InChI is InChI=1S/C21H32N4O4/c26-21(22-19-5-2-1-3-6-19)24(12-4-11-23-13-15-29-16-14-23)17-18-7-9-20(10-8-18)25(27)28/h7-10,19H,1-6,11-17H2,(H,22,26). The van der Waals surface area contributed by atoms with Gasteiger partial charge in [-0.2, -0.15) is 0 Å². The fraction of sp³-hybridized carbons (Fsp3) is 0.667. The SMILES string of the molecule is O=C(NC1CCCCC1)N(CCCN1CCOCC1)Cc1ccc([N+](=O)[O-])cc1. The van der Waals surface area contributed by atoms with Crippen LogP contribution in [-0.4, -0.2) is 66.2 Å². The van der Waals surface area contributed by atoms with Gasteiger partial charge in [0.25, 0.3) is 5.69 Å². The molecule has 2 fully saturated rings. The average molecular weight is 405 g/mol. The van der Waals surface area contributed by atoms with Crippen LogP contribution in [0.1, 0.15) is 44.1 Å². The molecule has 8 heteroatoms. The van der Waals surface area contributed by atoms with Gasteiger partial charge >= 0.3 is 6.03 Å². The Balaban J connectivity index is 1.57. The van der Waals surface area contributed by atoms with Crippen molar-refractivity contribution in [1.29, 1.82) is 0 Å². The van der Waals surface area contributed by atoms with Crippen molar-refractivity contribution in [3.8, 4) is 0 Å². The molecule has 1 N–H and O–H groups in total. The first-order valence-corrected chi connectivity index (χ1v) is 10.7. The predicted octanol–water partition coefficient (Wildman–Crippen LogP) is 3.16. The molecular weight excluding hydrogens is 372 g/mol. The van der Waals surface area contributed by atoms with E-state index in [4.69, 9.17) is 4.74 Å². The minimum absolute atomic E-state index is 0.0303. The molecule has 0 radical (unpaired) electrons. The van der Waals surface area contributed by atoms with Crippen LogP contribution in [0.2, 0.25) is 0 Å². The zero-order chi connectivity index (χ0) is 20.5. The number of ether oxygens (including phenoxy) is 1. The third kappa shape index (κ3) is 6.97. The number of nitro benzene ring substituents is 1. The van der Waals surface area contributed by atoms with Crippen molar-refractivity contribution in [2.24, 2.45) is 0 Å². The Kier molecular flexibility index (Phi) is 8.25. The summed E-state index contributed by atoms with van der Waals surface area (Å²) in [6.45, 7) is 5.49. The molecule has 160 valence electrons. The third-order valence-electron chi connectivity index (χ3n) is 5.75. The molecule has 0 unspecified atom stereocenters. The summed E-state index contributed by atoms with van der Waals surface area (Å²) in [7, 11) is 0. The Morgan fingerprint density at radius 2 is 1.86 bits per heavy atom. The Labute approximate surface area is 172 Å².